The van der Waals surface area contributed by atoms with Crippen molar-refractivity contribution >= 4 is 17.5 Å². The first-order chi connectivity index (χ1) is 10.8. The number of nitro benzene ring substituents is 1. The van der Waals surface area contributed by atoms with Crippen molar-refractivity contribution in [2.24, 2.45) is 0 Å². The van der Waals surface area contributed by atoms with Crippen LogP contribution in [0.1, 0.15) is 25.3 Å². The molecule has 2 aromatic rings. The van der Waals surface area contributed by atoms with Crippen molar-refractivity contribution < 1.29 is 14.4 Å². The maximum atomic E-state index is 11.2. The van der Waals surface area contributed by atoms with Gasteiger partial charge in [-0.1, -0.05) is 13.8 Å². The summed E-state index contributed by atoms with van der Waals surface area (Å²) in [6.07, 6.45) is 1.32. The summed E-state index contributed by atoms with van der Waals surface area (Å²) in [7, 11) is 1.37. The molecule has 1 aromatic heterocycles. The summed E-state index contributed by atoms with van der Waals surface area (Å²) >= 11 is 0. The number of nitrogen functional groups attached to an aromatic ring is 2. The van der Waals surface area contributed by atoms with Crippen LogP contribution < -0.4 is 20.9 Å². The number of anilines is 2. The topological polar surface area (TPSA) is 139 Å². The van der Waals surface area contributed by atoms with Crippen molar-refractivity contribution in [3.63, 3.8) is 0 Å². The van der Waals surface area contributed by atoms with Crippen LogP contribution in [0.3, 0.4) is 0 Å². The zero-order valence-electron chi connectivity index (χ0n) is 12.9. The van der Waals surface area contributed by atoms with Gasteiger partial charge in [-0.25, -0.2) is 4.98 Å². The molecule has 0 bridgehead atoms. The third-order valence-electron chi connectivity index (χ3n) is 3.15. The van der Waals surface area contributed by atoms with Crippen LogP contribution >= 0.6 is 0 Å². The number of nitrogens with zero attached hydrogens (tertiary/aromatic N) is 3. The molecule has 0 fully saturated rings. The number of nitrogens with two attached hydrogens (primary N) is 2. The lowest BCUT2D eigenvalue weighted by Crippen LogP contribution is -2.04. The van der Waals surface area contributed by atoms with Crippen LogP contribution in [-0.4, -0.2) is 22.0 Å². The second kappa shape index (κ2) is 6.34. The van der Waals surface area contributed by atoms with Crippen LogP contribution in [-0.2, 0) is 0 Å². The molecule has 0 radical (unpaired) electrons. The SMILES string of the molecule is COc1cc(C(C)C)c(Oc2cnc(N)nc2N)cc1[N+](=O)[O-]. The number of aromatic nitrogens is 2. The number of nitro groups is 1. The predicted molar refractivity (Wildman–Crippen MR) is 84.7 cm³/mol. The second-order valence-corrected chi connectivity index (χ2v) is 5.05. The Morgan fingerprint density at radius 1 is 1.22 bits per heavy atom. The van der Waals surface area contributed by atoms with Crippen molar-refractivity contribution in [3.8, 4) is 17.2 Å². The molecule has 1 aromatic carbocycles. The molecule has 0 saturated heterocycles. The number of ether oxygens (including phenoxy) is 2. The lowest BCUT2D eigenvalue weighted by molar-refractivity contribution is -0.385. The molecule has 0 aliphatic carbocycles. The molecule has 23 heavy (non-hydrogen) atoms. The van der Waals surface area contributed by atoms with Gasteiger partial charge in [-0.05, 0) is 12.0 Å². The minimum atomic E-state index is -0.543. The number of hydrogen-bond acceptors (Lipinski definition) is 8. The van der Waals surface area contributed by atoms with Crippen LogP contribution in [0, 0.1) is 10.1 Å². The van der Waals surface area contributed by atoms with E-state index >= 15 is 0 Å². The Balaban J connectivity index is 2.55. The van der Waals surface area contributed by atoms with E-state index in [1.807, 2.05) is 13.8 Å². The summed E-state index contributed by atoms with van der Waals surface area (Å²) in [5.41, 5.74) is 11.7. The lowest BCUT2D eigenvalue weighted by Gasteiger charge is -2.15. The standard InChI is InChI=1S/C14H17N5O4/c1-7(2)8-4-11(22-3)9(19(20)21)5-10(8)23-12-6-17-14(16)18-13(12)15/h4-7H,1-3H3,(H4,15,16,17,18). The number of rotatable bonds is 5. The number of benzene rings is 1. The van der Waals surface area contributed by atoms with Gasteiger partial charge in [0, 0.05) is 5.56 Å². The smallest absolute Gasteiger partial charge is 0.314 e. The molecule has 0 aliphatic rings. The summed E-state index contributed by atoms with van der Waals surface area (Å²) in [6.45, 7) is 3.85. The summed E-state index contributed by atoms with van der Waals surface area (Å²) in [4.78, 5) is 18.2. The van der Waals surface area contributed by atoms with E-state index in [4.69, 9.17) is 20.9 Å². The normalized spacial score (nSPS) is 10.6. The number of hydrogen-bond donors (Lipinski definition) is 2. The molecular weight excluding hydrogens is 302 g/mol. The van der Waals surface area contributed by atoms with E-state index in [0.29, 0.717) is 0 Å². The zero-order valence-corrected chi connectivity index (χ0v) is 12.9. The van der Waals surface area contributed by atoms with E-state index in [2.05, 4.69) is 9.97 Å². The van der Waals surface area contributed by atoms with Crippen molar-refractivity contribution in [3.05, 3.63) is 34.0 Å². The summed E-state index contributed by atoms with van der Waals surface area (Å²) < 4.78 is 10.8. The maximum Gasteiger partial charge on any atom is 0.314 e. The highest BCUT2D eigenvalue weighted by Crippen LogP contribution is 2.40. The summed E-state index contributed by atoms with van der Waals surface area (Å²) in [5.74, 6) is 0.710. The van der Waals surface area contributed by atoms with Crippen molar-refractivity contribution in [2.45, 2.75) is 19.8 Å². The van der Waals surface area contributed by atoms with E-state index < -0.39 is 4.92 Å². The minimum Gasteiger partial charge on any atom is -0.490 e. The van der Waals surface area contributed by atoms with E-state index in [9.17, 15) is 10.1 Å². The Hall–Kier alpha value is -3.10. The fraction of sp³-hybridized carbons (Fsp3) is 0.286. The first-order valence-corrected chi connectivity index (χ1v) is 6.75. The number of methoxy groups -OCH3 is 1. The quantitative estimate of drug-likeness (QED) is 0.632. The molecular formula is C14H17N5O4. The molecule has 2 rings (SSSR count). The highest BCUT2D eigenvalue weighted by Gasteiger charge is 2.22. The molecule has 4 N–H and O–H groups in total. The highest BCUT2D eigenvalue weighted by molar-refractivity contribution is 5.58. The van der Waals surface area contributed by atoms with Crippen LogP contribution in [0.2, 0.25) is 0 Å². The Kier molecular flexibility index (Phi) is 4.49. The molecule has 0 amide bonds. The van der Waals surface area contributed by atoms with Gasteiger partial charge in [-0.3, -0.25) is 10.1 Å². The highest BCUT2D eigenvalue weighted by atomic mass is 16.6. The van der Waals surface area contributed by atoms with Gasteiger partial charge in [-0.15, -0.1) is 0 Å². The fourth-order valence-electron chi connectivity index (χ4n) is 2.01. The van der Waals surface area contributed by atoms with Crippen molar-refractivity contribution in [2.75, 3.05) is 18.6 Å². The molecule has 9 heteroatoms. The Morgan fingerprint density at radius 2 is 1.91 bits per heavy atom. The maximum absolute atomic E-state index is 11.2. The van der Waals surface area contributed by atoms with Crippen LogP contribution in [0.25, 0.3) is 0 Å². The Labute approximate surface area is 132 Å². The van der Waals surface area contributed by atoms with Gasteiger partial charge in [-0.2, -0.15) is 4.98 Å². The van der Waals surface area contributed by atoms with Crippen molar-refractivity contribution in [1.82, 2.24) is 9.97 Å². The largest absolute Gasteiger partial charge is 0.490 e. The predicted octanol–water partition coefficient (Wildman–Crippen LogP) is 2.47. The molecule has 0 spiro atoms. The van der Waals surface area contributed by atoms with Gasteiger partial charge in [0.05, 0.1) is 24.3 Å². The summed E-state index contributed by atoms with van der Waals surface area (Å²) in [5, 5.41) is 11.2. The van der Waals surface area contributed by atoms with Crippen LogP contribution in [0.15, 0.2) is 18.3 Å². The van der Waals surface area contributed by atoms with Crippen molar-refractivity contribution in [1.29, 1.82) is 0 Å². The van der Waals surface area contributed by atoms with E-state index in [0.717, 1.165) is 5.56 Å². The third kappa shape index (κ3) is 3.39. The Bertz CT molecular complexity index is 748. The van der Waals surface area contributed by atoms with Crippen LogP contribution in [0.5, 0.6) is 17.2 Å². The average molecular weight is 319 g/mol. The average Bonchev–Trinajstić information content (AvgIpc) is 2.49. The van der Waals surface area contributed by atoms with Gasteiger partial charge >= 0.3 is 5.69 Å². The molecule has 1 heterocycles. The fourth-order valence-corrected chi connectivity index (χ4v) is 2.01. The third-order valence-corrected chi connectivity index (χ3v) is 3.15. The minimum absolute atomic E-state index is 0.0136. The van der Waals surface area contributed by atoms with Gasteiger partial charge in [0.25, 0.3) is 0 Å². The van der Waals surface area contributed by atoms with Gasteiger partial charge < -0.3 is 20.9 Å². The first-order valence-electron chi connectivity index (χ1n) is 6.75. The lowest BCUT2D eigenvalue weighted by atomic mass is 10.0. The molecule has 0 atom stereocenters. The van der Waals surface area contributed by atoms with Crippen LogP contribution in [0.4, 0.5) is 17.5 Å². The molecule has 122 valence electrons. The second-order valence-electron chi connectivity index (χ2n) is 5.05. The molecule has 0 saturated carbocycles. The summed E-state index contributed by atoms with van der Waals surface area (Å²) in [6, 6.07) is 2.87. The van der Waals surface area contributed by atoms with E-state index in [1.165, 1.54) is 19.4 Å². The molecule has 0 unspecified atom stereocenters. The molecule has 0 aliphatic heterocycles. The molecule has 9 nitrogen and oxygen atoms in total. The first kappa shape index (κ1) is 16.3. The van der Waals surface area contributed by atoms with Gasteiger partial charge in [0.2, 0.25) is 5.95 Å². The van der Waals surface area contributed by atoms with E-state index in [-0.39, 0.29) is 40.6 Å². The van der Waals surface area contributed by atoms with Gasteiger partial charge in [0.15, 0.2) is 17.3 Å². The Morgan fingerprint density at radius 3 is 2.43 bits per heavy atom. The van der Waals surface area contributed by atoms with E-state index in [1.54, 1.807) is 6.07 Å². The monoisotopic (exact) mass is 319 g/mol. The van der Waals surface area contributed by atoms with Gasteiger partial charge in [0.1, 0.15) is 5.75 Å². The zero-order chi connectivity index (χ0) is 17.1.